The number of nitrogens with zero attached hydrogens (tertiary/aromatic N) is 3. The highest BCUT2D eigenvalue weighted by Crippen LogP contribution is 2.48. The van der Waals surface area contributed by atoms with Crippen LogP contribution in [-0.4, -0.2) is 35.3 Å². The fraction of sp³-hybridized carbons (Fsp3) is 0.273. The molecule has 1 aliphatic carbocycles. The highest BCUT2D eigenvalue weighted by molar-refractivity contribution is 7.98. The van der Waals surface area contributed by atoms with E-state index in [1.807, 2.05) is 51.7 Å². The van der Waals surface area contributed by atoms with E-state index < -0.39 is 0 Å². The van der Waals surface area contributed by atoms with Crippen LogP contribution < -0.4 is 19.9 Å². The second-order valence-corrected chi connectivity index (χ2v) is 12.2. The maximum Gasteiger partial charge on any atom is 0.277 e. The zero-order chi connectivity index (χ0) is 27.5. The Bertz CT molecular complexity index is 1720. The number of hydrogen-bond acceptors (Lipinski definition) is 6. The van der Waals surface area contributed by atoms with Crippen molar-refractivity contribution >= 4 is 17.7 Å². The SMILES string of the molecule is O=C1c2c(OCc3ccccc3)c(=O)ccn2N2CN1C[C@H]1C[C@@H]1COc1cccc3c1[C@H]2c1ccccc1SC3. The number of hydrogen-bond donors (Lipinski definition) is 0. The first-order chi connectivity index (χ1) is 20.2. The third-order valence-electron chi connectivity index (χ3n) is 8.64. The van der Waals surface area contributed by atoms with Crippen molar-refractivity contribution in [1.29, 1.82) is 0 Å². The van der Waals surface area contributed by atoms with Crippen LogP contribution in [0.1, 0.15) is 45.2 Å². The Morgan fingerprint density at radius 2 is 1.78 bits per heavy atom. The number of thioether (sulfide) groups is 1. The van der Waals surface area contributed by atoms with E-state index in [1.165, 1.54) is 16.5 Å². The Balaban J connectivity index is 1.34. The van der Waals surface area contributed by atoms with Gasteiger partial charge in [0.05, 0.1) is 6.61 Å². The molecule has 0 unspecified atom stereocenters. The number of fused-ring (bicyclic) bond motifs is 8. The van der Waals surface area contributed by atoms with Crippen LogP contribution in [0, 0.1) is 11.8 Å². The molecule has 8 rings (SSSR count). The third-order valence-corrected chi connectivity index (χ3v) is 9.78. The molecule has 4 aliphatic rings. The quantitative estimate of drug-likeness (QED) is 0.341. The molecule has 1 fully saturated rings. The molecule has 1 amide bonds. The van der Waals surface area contributed by atoms with Crippen LogP contribution in [0.25, 0.3) is 0 Å². The van der Waals surface area contributed by atoms with Gasteiger partial charge in [-0.3, -0.25) is 19.3 Å². The van der Waals surface area contributed by atoms with Crippen molar-refractivity contribution < 1.29 is 14.3 Å². The lowest BCUT2D eigenvalue weighted by Crippen LogP contribution is -2.56. The second-order valence-electron chi connectivity index (χ2n) is 11.2. The summed E-state index contributed by atoms with van der Waals surface area (Å²) in [6.45, 7) is 1.86. The van der Waals surface area contributed by atoms with Crippen LogP contribution >= 0.6 is 11.8 Å². The molecule has 1 saturated carbocycles. The summed E-state index contributed by atoms with van der Waals surface area (Å²) in [4.78, 5) is 30.6. The smallest absolute Gasteiger partial charge is 0.277 e. The number of amides is 1. The van der Waals surface area contributed by atoms with Gasteiger partial charge in [0.2, 0.25) is 5.43 Å². The average molecular weight is 564 g/mol. The van der Waals surface area contributed by atoms with Crippen LogP contribution in [-0.2, 0) is 12.4 Å². The van der Waals surface area contributed by atoms with Gasteiger partial charge in [-0.1, -0.05) is 60.7 Å². The summed E-state index contributed by atoms with van der Waals surface area (Å²) >= 11 is 1.82. The van der Waals surface area contributed by atoms with Crippen LogP contribution in [0.3, 0.4) is 0 Å². The van der Waals surface area contributed by atoms with Gasteiger partial charge in [0.25, 0.3) is 5.91 Å². The third kappa shape index (κ3) is 4.20. The van der Waals surface area contributed by atoms with Crippen molar-refractivity contribution in [1.82, 2.24) is 9.58 Å². The Labute approximate surface area is 242 Å². The molecular formula is C33H29N3O4S. The Morgan fingerprint density at radius 1 is 0.927 bits per heavy atom. The molecule has 1 aromatic heterocycles. The molecule has 3 atom stereocenters. The van der Waals surface area contributed by atoms with Crippen molar-refractivity contribution in [2.24, 2.45) is 11.8 Å². The standard InChI is InChI=1S/C33H29N3O4S/c37-26-13-14-35-31(32(26)40-17-21-7-2-1-3-8-21)33(38)34-16-23-15-24(23)18-39-27-11-6-9-22-19-41-28-12-5-4-10-25(28)30(29(22)27)36(35)20-34/h1-14,23-24,30H,15-20H2/t23-,24-,30-/m1/s1. The maximum absolute atomic E-state index is 14.2. The Morgan fingerprint density at radius 3 is 2.68 bits per heavy atom. The monoisotopic (exact) mass is 563 g/mol. The minimum atomic E-state index is -0.294. The molecule has 7 nitrogen and oxygen atoms in total. The van der Waals surface area contributed by atoms with Crippen LogP contribution in [0.15, 0.2) is 94.7 Å². The van der Waals surface area contributed by atoms with Gasteiger partial charge >= 0.3 is 0 Å². The molecular weight excluding hydrogens is 534 g/mol. The predicted octanol–water partition coefficient (Wildman–Crippen LogP) is 5.20. The highest BCUT2D eigenvalue weighted by atomic mass is 32.2. The molecule has 0 radical (unpaired) electrons. The molecule has 8 heteroatoms. The lowest BCUT2D eigenvalue weighted by molar-refractivity contribution is 0.0664. The lowest BCUT2D eigenvalue weighted by Gasteiger charge is -2.44. The van der Waals surface area contributed by atoms with E-state index in [2.05, 4.69) is 47.5 Å². The van der Waals surface area contributed by atoms with Gasteiger partial charge in [0.1, 0.15) is 25.1 Å². The first-order valence-corrected chi connectivity index (χ1v) is 15.1. The van der Waals surface area contributed by atoms with Gasteiger partial charge in [0, 0.05) is 35.0 Å². The summed E-state index contributed by atoms with van der Waals surface area (Å²) in [6.07, 6.45) is 2.76. The minimum absolute atomic E-state index is 0.0966. The number of carbonyl (C=O) groups is 1. The highest BCUT2D eigenvalue weighted by Gasteiger charge is 2.45. The summed E-state index contributed by atoms with van der Waals surface area (Å²) in [5.74, 6) is 2.42. The lowest BCUT2D eigenvalue weighted by atomic mass is 9.93. The van der Waals surface area contributed by atoms with Crippen molar-refractivity contribution in [3.05, 3.63) is 123 Å². The molecule has 206 valence electrons. The van der Waals surface area contributed by atoms with E-state index >= 15 is 0 Å². The molecule has 4 aromatic rings. The molecule has 3 aromatic carbocycles. The number of ether oxygens (including phenoxy) is 2. The zero-order valence-corrected chi connectivity index (χ0v) is 23.3. The molecule has 0 saturated heterocycles. The van der Waals surface area contributed by atoms with Crippen LogP contribution in [0.4, 0.5) is 0 Å². The average Bonchev–Trinajstić information content (AvgIpc) is 3.77. The van der Waals surface area contributed by atoms with Gasteiger partial charge in [0.15, 0.2) is 11.4 Å². The molecule has 0 spiro atoms. The molecule has 4 heterocycles. The number of pyridine rings is 1. The van der Waals surface area contributed by atoms with E-state index in [4.69, 9.17) is 9.47 Å². The van der Waals surface area contributed by atoms with E-state index in [1.54, 1.807) is 6.20 Å². The Kier molecular flexibility index (Phi) is 5.84. The maximum atomic E-state index is 14.2. The van der Waals surface area contributed by atoms with Crippen molar-refractivity contribution in [2.45, 2.75) is 29.7 Å². The first-order valence-electron chi connectivity index (χ1n) is 14.1. The van der Waals surface area contributed by atoms with Crippen molar-refractivity contribution in [3.63, 3.8) is 0 Å². The van der Waals surface area contributed by atoms with E-state index in [-0.39, 0.29) is 35.4 Å². The zero-order valence-electron chi connectivity index (χ0n) is 22.4. The number of carbonyl (C=O) groups excluding carboxylic acids is 1. The fourth-order valence-electron chi connectivity index (χ4n) is 6.42. The van der Waals surface area contributed by atoms with Gasteiger partial charge in [-0.25, -0.2) is 0 Å². The first kappa shape index (κ1) is 24.6. The summed E-state index contributed by atoms with van der Waals surface area (Å²) in [5, 5.41) is 2.21. The molecule has 41 heavy (non-hydrogen) atoms. The minimum Gasteiger partial charge on any atom is -0.493 e. The van der Waals surface area contributed by atoms with Crippen molar-refractivity contribution in [3.8, 4) is 11.5 Å². The largest absolute Gasteiger partial charge is 0.493 e. The molecule has 3 aliphatic heterocycles. The summed E-state index contributed by atoms with van der Waals surface area (Å²) in [7, 11) is 0. The van der Waals surface area contributed by atoms with Gasteiger partial charge in [-0.05, 0) is 47.1 Å². The normalized spacial score (nSPS) is 22.1. The number of aromatic nitrogens is 1. The van der Waals surface area contributed by atoms with Gasteiger partial charge < -0.3 is 14.4 Å². The van der Waals surface area contributed by atoms with E-state index in [9.17, 15) is 9.59 Å². The summed E-state index contributed by atoms with van der Waals surface area (Å²) in [6, 6.07) is 25.8. The van der Waals surface area contributed by atoms with Gasteiger partial charge in [-0.15, -0.1) is 11.8 Å². The summed E-state index contributed by atoms with van der Waals surface area (Å²) < 4.78 is 14.6. The van der Waals surface area contributed by atoms with E-state index in [0.29, 0.717) is 31.7 Å². The van der Waals surface area contributed by atoms with Crippen LogP contribution in [0.5, 0.6) is 11.5 Å². The fourth-order valence-corrected chi connectivity index (χ4v) is 7.50. The Hall–Kier alpha value is -4.17. The van der Waals surface area contributed by atoms with Crippen LogP contribution in [0.2, 0.25) is 0 Å². The topological polar surface area (TPSA) is 64.0 Å². The number of rotatable bonds is 3. The second kappa shape index (κ2) is 9.73. The molecule has 0 N–H and O–H groups in total. The number of benzene rings is 3. The van der Waals surface area contributed by atoms with E-state index in [0.717, 1.165) is 34.6 Å². The molecule has 2 bridgehead atoms. The predicted molar refractivity (Wildman–Crippen MR) is 157 cm³/mol. The summed E-state index contributed by atoms with van der Waals surface area (Å²) in [5.41, 5.74) is 4.41. The van der Waals surface area contributed by atoms with Crippen molar-refractivity contribution in [2.75, 3.05) is 24.8 Å². The van der Waals surface area contributed by atoms with Gasteiger partial charge in [-0.2, -0.15) is 0 Å².